The summed E-state index contributed by atoms with van der Waals surface area (Å²) in [5.74, 6) is -0.638. The molecule has 114 valence electrons. The van der Waals surface area contributed by atoms with E-state index in [4.69, 9.17) is 0 Å². The summed E-state index contributed by atoms with van der Waals surface area (Å²) >= 11 is 1.48. The van der Waals surface area contributed by atoms with E-state index in [-0.39, 0.29) is 18.3 Å². The lowest BCUT2D eigenvalue weighted by Gasteiger charge is -2.15. The van der Waals surface area contributed by atoms with Crippen LogP contribution in [0, 0.1) is 0 Å². The largest absolute Gasteiger partial charge is 0.469 e. The fourth-order valence-electron chi connectivity index (χ4n) is 1.83. The first kappa shape index (κ1) is 15.9. The van der Waals surface area contributed by atoms with Crippen LogP contribution in [-0.2, 0) is 14.3 Å². The summed E-state index contributed by atoms with van der Waals surface area (Å²) in [5, 5.41) is 4.72. The molecule has 0 aliphatic heterocycles. The minimum atomic E-state index is -0.390. The number of carbonyl (C=O) groups is 2. The normalized spacial score (nSPS) is 12.0. The van der Waals surface area contributed by atoms with Gasteiger partial charge in [0.15, 0.2) is 0 Å². The number of nitrogens with one attached hydrogen (secondary N) is 1. The molecule has 1 amide bonds. The minimum absolute atomic E-state index is 0.101. The third-order valence-electron chi connectivity index (χ3n) is 2.91. The van der Waals surface area contributed by atoms with Gasteiger partial charge in [0.2, 0.25) is 5.91 Å². The van der Waals surface area contributed by atoms with Crippen molar-refractivity contribution in [2.45, 2.75) is 12.5 Å². The topological polar surface area (TPSA) is 68.3 Å². The summed E-state index contributed by atoms with van der Waals surface area (Å²) in [5.41, 5.74) is 0.832. The van der Waals surface area contributed by atoms with E-state index in [0.29, 0.717) is 0 Å². The van der Waals surface area contributed by atoms with E-state index < -0.39 is 6.04 Å². The van der Waals surface area contributed by atoms with E-state index in [1.165, 1.54) is 24.5 Å². The average molecular weight is 316 g/mol. The Morgan fingerprint density at radius 1 is 1.41 bits per heavy atom. The molecule has 5 nitrogen and oxygen atoms in total. The van der Waals surface area contributed by atoms with Crippen LogP contribution in [0.25, 0.3) is 6.08 Å². The van der Waals surface area contributed by atoms with Crippen molar-refractivity contribution in [1.29, 1.82) is 0 Å². The van der Waals surface area contributed by atoms with Gasteiger partial charge in [0.05, 0.1) is 19.6 Å². The van der Waals surface area contributed by atoms with Crippen LogP contribution in [0.1, 0.15) is 22.9 Å². The van der Waals surface area contributed by atoms with Gasteiger partial charge in [-0.25, -0.2) is 0 Å². The lowest BCUT2D eigenvalue weighted by Crippen LogP contribution is -2.28. The molecule has 22 heavy (non-hydrogen) atoms. The van der Waals surface area contributed by atoms with Crippen LogP contribution in [0.4, 0.5) is 0 Å². The van der Waals surface area contributed by atoms with Crippen molar-refractivity contribution < 1.29 is 14.3 Å². The van der Waals surface area contributed by atoms with Gasteiger partial charge in [0.1, 0.15) is 0 Å². The Morgan fingerprint density at radius 2 is 2.27 bits per heavy atom. The lowest BCUT2D eigenvalue weighted by molar-refractivity contribution is -0.141. The first-order valence-electron chi connectivity index (χ1n) is 6.68. The fraction of sp³-hybridized carbons (Fsp3) is 0.188. The van der Waals surface area contributed by atoms with Crippen LogP contribution >= 0.6 is 11.3 Å². The number of rotatable bonds is 6. The SMILES string of the molecule is COC(=O)CC(NC(=O)/C=C/c1cccnc1)c1cccs1. The van der Waals surface area contributed by atoms with Crippen LogP contribution in [0.3, 0.4) is 0 Å². The molecule has 0 radical (unpaired) electrons. The first-order valence-corrected chi connectivity index (χ1v) is 7.56. The monoisotopic (exact) mass is 316 g/mol. The zero-order chi connectivity index (χ0) is 15.8. The Hall–Kier alpha value is -2.47. The molecule has 0 aliphatic rings. The number of ether oxygens (including phenoxy) is 1. The smallest absolute Gasteiger partial charge is 0.307 e. The van der Waals surface area contributed by atoms with Gasteiger partial charge >= 0.3 is 5.97 Å². The highest BCUT2D eigenvalue weighted by atomic mass is 32.1. The number of methoxy groups -OCH3 is 1. The molecule has 1 unspecified atom stereocenters. The van der Waals surface area contributed by atoms with Gasteiger partial charge in [0.25, 0.3) is 0 Å². The number of nitrogens with zero attached hydrogens (tertiary/aromatic N) is 1. The molecule has 1 N–H and O–H groups in total. The number of amides is 1. The van der Waals surface area contributed by atoms with Crippen molar-refractivity contribution in [3.8, 4) is 0 Å². The van der Waals surface area contributed by atoms with Crippen molar-refractivity contribution in [3.63, 3.8) is 0 Å². The summed E-state index contributed by atoms with van der Waals surface area (Å²) in [6, 6.07) is 7.01. The maximum atomic E-state index is 12.0. The molecule has 0 bridgehead atoms. The van der Waals surface area contributed by atoms with Gasteiger partial charge in [-0.05, 0) is 29.2 Å². The molecule has 0 saturated heterocycles. The summed E-state index contributed by atoms with van der Waals surface area (Å²) in [4.78, 5) is 28.4. The van der Waals surface area contributed by atoms with Crippen molar-refractivity contribution >= 4 is 29.3 Å². The highest BCUT2D eigenvalue weighted by molar-refractivity contribution is 7.10. The number of hydrogen-bond donors (Lipinski definition) is 1. The van der Waals surface area contributed by atoms with Gasteiger partial charge < -0.3 is 10.1 Å². The number of esters is 1. The van der Waals surface area contributed by atoms with E-state index >= 15 is 0 Å². The van der Waals surface area contributed by atoms with Crippen molar-refractivity contribution in [2.24, 2.45) is 0 Å². The number of hydrogen-bond acceptors (Lipinski definition) is 5. The van der Waals surface area contributed by atoms with Crippen LogP contribution in [0.5, 0.6) is 0 Å². The third kappa shape index (κ3) is 4.82. The Bertz CT molecular complexity index is 639. The summed E-state index contributed by atoms with van der Waals surface area (Å²) in [7, 11) is 1.33. The minimum Gasteiger partial charge on any atom is -0.469 e. The Balaban J connectivity index is 2.02. The molecule has 2 heterocycles. The molecule has 0 fully saturated rings. The van der Waals surface area contributed by atoms with Crippen molar-refractivity contribution in [1.82, 2.24) is 10.3 Å². The van der Waals surface area contributed by atoms with Crippen LogP contribution in [-0.4, -0.2) is 24.0 Å². The van der Waals surface area contributed by atoms with E-state index in [9.17, 15) is 9.59 Å². The fourth-order valence-corrected chi connectivity index (χ4v) is 2.61. The van der Waals surface area contributed by atoms with E-state index in [1.807, 2.05) is 23.6 Å². The van der Waals surface area contributed by atoms with E-state index in [1.54, 1.807) is 24.5 Å². The molecular formula is C16H16N2O3S. The van der Waals surface area contributed by atoms with Crippen LogP contribution < -0.4 is 5.32 Å². The Kier molecular flexibility index (Phi) is 5.85. The molecule has 6 heteroatoms. The van der Waals surface area contributed by atoms with Gasteiger partial charge in [-0.15, -0.1) is 11.3 Å². The van der Waals surface area contributed by atoms with Gasteiger partial charge in [-0.2, -0.15) is 0 Å². The highest BCUT2D eigenvalue weighted by Gasteiger charge is 2.18. The second-order valence-electron chi connectivity index (χ2n) is 4.48. The number of aromatic nitrogens is 1. The van der Waals surface area contributed by atoms with Gasteiger partial charge in [-0.3, -0.25) is 14.6 Å². The Morgan fingerprint density at radius 3 is 2.91 bits per heavy atom. The number of carbonyl (C=O) groups excluding carboxylic acids is 2. The standard InChI is InChI=1S/C16H16N2O3S/c1-21-16(20)10-13(14-5-3-9-22-14)18-15(19)7-6-12-4-2-8-17-11-12/h2-9,11,13H,10H2,1H3,(H,18,19)/b7-6+. The number of pyridine rings is 1. The zero-order valence-corrected chi connectivity index (χ0v) is 12.9. The average Bonchev–Trinajstić information content (AvgIpc) is 3.07. The molecule has 0 aromatic carbocycles. The summed E-state index contributed by atoms with van der Waals surface area (Å²) in [6.45, 7) is 0. The first-order chi connectivity index (χ1) is 10.7. The lowest BCUT2D eigenvalue weighted by atomic mass is 10.1. The quantitative estimate of drug-likeness (QED) is 0.657. The molecule has 2 aromatic heterocycles. The van der Waals surface area contributed by atoms with Gasteiger partial charge in [-0.1, -0.05) is 12.1 Å². The zero-order valence-electron chi connectivity index (χ0n) is 12.1. The molecule has 0 saturated carbocycles. The summed E-state index contributed by atoms with van der Waals surface area (Å²) < 4.78 is 4.68. The van der Waals surface area contributed by atoms with Crippen molar-refractivity contribution in [3.05, 3.63) is 58.6 Å². The van der Waals surface area contributed by atoms with Crippen LogP contribution in [0.15, 0.2) is 48.1 Å². The molecule has 2 aromatic rings. The summed E-state index contributed by atoms with van der Waals surface area (Å²) in [6.07, 6.45) is 6.53. The third-order valence-corrected chi connectivity index (χ3v) is 3.90. The Labute approximate surface area is 132 Å². The second kappa shape index (κ2) is 8.09. The maximum absolute atomic E-state index is 12.0. The molecule has 0 aliphatic carbocycles. The molecule has 2 rings (SSSR count). The van der Waals surface area contributed by atoms with E-state index in [0.717, 1.165) is 10.4 Å². The van der Waals surface area contributed by atoms with Crippen LogP contribution in [0.2, 0.25) is 0 Å². The highest BCUT2D eigenvalue weighted by Crippen LogP contribution is 2.22. The number of thiophene rings is 1. The molecular weight excluding hydrogens is 300 g/mol. The second-order valence-corrected chi connectivity index (χ2v) is 5.46. The predicted molar refractivity (Wildman–Crippen MR) is 85.1 cm³/mol. The molecule has 0 spiro atoms. The molecule has 1 atom stereocenters. The van der Waals surface area contributed by atoms with E-state index in [2.05, 4.69) is 15.0 Å². The van der Waals surface area contributed by atoms with Gasteiger partial charge in [0, 0.05) is 23.3 Å². The predicted octanol–water partition coefficient (Wildman–Crippen LogP) is 2.58. The maximum Gasteiger partial charge on any atom is 0.307 e. The van der Waals surface area contributed by atoms with Crippen molar-refractivity contribution in [2.75, 3.05) is 7.11 Å².